The molecule has 2 aliphatic heterocycles. The van der Waals surface area contributed by atoms with Crippen molar-refractivity contribution in [2.45, 2.75) is 51.0 Å². The molecule has 156 valence electrons. The van der Waals surface area contributed by atoms with Gasteiger partial charge in [0.15, 0.2) is 0 Å². The number of hydrogen-bond donors (Lipinski definition) is 3. The second-order valence-electron chi connectivity index (χ2n) is 8.22. The minimum absolute atomic E-state index is 0.144. The zero-order chi connectivity index (χ0) is 20.4. The van der Waals surface area contributed by atoms with E-state index < -0.39 is 5.91 Å². The number of aromatic amines is 2. The van der Waals surface area contributed by atoms with Gasteiger partial charge in [-0.25, -0.2) is 4.79 Å². The van der Waals surface area contributed by atoms with Crippen molar-refractivity contribution in [1.29, 1.82) is 0 Å². The molecular weight excluding hydrogens is 370 g/mol. The van der Waals surface area contributed by atoms with E-state index in [1.807, 2.05) is 4.90 Å². The van der Waals surface area contributed by atoms with Crippen molar-refractivity contribution in [1.82, 2.24) is 19.8 Å². The third kappa shape index (κ3) is 4.37. The number of nitrogens with two attached hydrogens (primary N) is 1. The van der Waals surface area contributed by atoms with Crippen LogP contribution in [0.25, 0.3) is 11.0 Å². The molecule has 2 fully saturated rings. The number of carbonyl (C=O) groups is 2. The predicted molar refractivity (Wildman–Crippen MR) is 111 cm³/mol. The van der Waals surface area contributed by atoms with Crippen LogP contribution in [0, 0.1) is 0 Å². The van der Waals surface area contributed by atoms with Gasteiger partial charge in [0, 0.05) is 25.6 Å². The number of primary amides is 1. The van der Waals surface area contributed by atoms with Crippen molar-refractivity contribution in [3.05, 3.63) is 33.7 Å². The summed E-state index contributed by atoms with van der Waals surface area (Å²) in [7, 11) is 0. The van der Waals surface area contributed by atoms with E-state index in [9.17, 15) is 14.4 Å². The molecule has 4 N–H and O–H groups in total. The zero-order valence-electron chi connectivity index (χ0n) is 16.7. The first kappa shape index (κ1) is 19.7. The van der Waals surface area contributed by atoms with Gasteiger partial charge in [-0.2, -0.15) is 0 Å². The molecule has 2 amide bonds. The second-order valence-corrected chi connectivity index (χ2v) is 8.22. The fourth-order valence-electron chi connectivity index (χ4n) is 4.71. The van der Waals surface area contributed by atoms with Crippen molar-refractivity contribution in [2.75, 3.05) is 26.2 Å². The third-order valence-corrected chi connectivity index (χ3v) is 6.30. The van der Waals surface area contributed by atoms with Gasteiger partial charge in [0.25, 0.3) is 5.91 Å². The maximum absolute atomic E-state index is 12.7. The molecule has 1 aromatic carbocycles. The van der Waals surface area contributed by atoms with Gasteiger partial charge in [-0.1, -0.05) is 6.42 Å². The maximum atomic E-state index is 12.7. The van der Waals surface area contributed by atoms with Crippen LogP contribution in [-0.2, 0) is 11.2 Å². The first-order valence-corrected chi connectivity index (χ1v) is 10.6. The molecule has 0 unspecified atom stereocenters. The number of carbonyl (C=O) groups excluding carboxylic acids is 2. The topological polar surface area (TPSA) is 115 Å². The summed E-state index contributed by atoms with van der Waals surface area (Å²) < 4.78 is 0. The number of imidazole rings is 1. The Balaban J connectivity index is 1.35. The summed E-state index contributed by atoms with van der Waals surface area (Å²) >= 11 is 0. The number of likely N-dealkylation sites (tertiary alicyclic amines) is 2. The highest BCUT2D eigenvalue weighted by molar-refractivity contribution is 6.04. The normalized spacial score (nSPS) is 19.0. The Morgan fingerprint density at radius 1 is 1.03 bits per heavy atom. The summed E-state index contributed by atoms with van der Waals surface area (Å²) in [4.78, 5) is 45.8. The number of aromatic nitrogens is 2. The molecule has 4 rings (SSSR count). The molecule has 8 nitrogen and oxygen atoms in total. The largest absolute Gasteiger partial charge is 0.366 e. The number of fused-ring (bicyclic) bond motifs is 1. The van der Waals surface area contributed by atoms with Gasteiger partial charge in [-0.15, -0.1) is 0 Å². The number of rotatable bonds is 5. The number of hydrogen-bond acceptors (Lipinski definition) is 4. The van der Waals surface area contributed by atoms with Gasteiger partial charge >= 0.3 is 5.69 Å². The van der Waals surface area contributed by atoms with E-state index in [4.69, 9.17) is 5.73 Å². The van der Waals surface area contributed by atoms with Crippen LogP contribution in [0.15, 0.2) is 16.9 Å². The van der Waals surface area contributed by atoms with Gasteiger partial charge in [-0.3, -0.25) is 9.59 Å². The molecule has 0 atom stereocenters. The molecule has 1 aromatic heterocycles. The Labute approximate surface area is 169 Å². The second kappa shape index (κ2) is 8.41. The Kier molecular flexibility index (Phi) is 5.71. The molecule has 0 spiro atoms. The lowest BCUT2D eigenvalue weighted by molar-refractivity contribution is -0.132. The van der Waals surface area contributed by atoms with E-state index in [2.05, 4.69) is 14.9 Å². The molecule has 0 aliphatic carbocycles. The van der Waals surface area contributed by atoms with E-state index in [1.165, 1.54) is 32.4 Å². The van der Waals surface area contributed by atoms with Crippen LogP contribution in [0.1, 0.15) is 54.4 Å². The van der Waals surface area contributed by atoms with Crippen molar-refractivity contribution in [3.63, 3.8) is 0 Å². The number of H-pyrrole nitrogens is 2. The minimum Gasteiger partial charge on any atom is -0.366 e. The van der Waals surface area contributed by atoms with Crippen LogP contribution >= 0.6 is 0 Å². The van der Waals surface area contributed by atoms with Crippen LogP contribution in [0.4, 0.5) is 0 Å². The lowest BCUT2D eigenvalue weighted by Crippen LogP contribution is -2.48. The van der Waals surface area contributed by atoms with Gasteiger partial charge in [0.2, 0.25) is 5.91 Å². The number of aryl methyl sites for hydroxylation is 1. The number of amides is 2. The molecular formula is C21H29N5O3. The third-order valence-electron chi connectivity index (χ3n) is 6.30. The Morgan fingerprint density at radius 3 is 2.45 bits per heavy atom. The SMILES string of the molecule is NC(=O)c1cc(CCC(=O)N2CCC(N3CCCCC3)CC2)cc2[nH]c(=O)[nH]c12. The fourth-order valence-corrected chi connectivity index (χ4v) is 4.71. The number of benzene rings is 1. The van der Waals surface area contributed by atoms with Crippen LogP contribution in [0.2, 0.25) is 0 Å². The highest BCUT2D eigenvalue weighted by atomic mass is 16.2. The van der Waals surface area contributed by atoms with Gasteiger partial charge in [0.05, 0.1) is 16.6 Å². The lowest BCUT2D eigenvalue weighted by Gasteiger charge is -2.40. The highest BCUT2D eigenvalue weighted by Crippen LogP contribution is 2.22. The number of nitrogens with one attached hydrogen (secondary N) is 2. The molecule has 0 bridgehead atoms. The van der Waals surface area contributed by atoms with E-state index in [1.54, 1.807) is 12.1 Å². The van der Waals surface area contributed by atoms with E-state index in [0.29, 0.717) is 29.9 Å². The predicted octanol–water partition coefficient (Wildman–Crippen LogP) is 1.36. The summed E-state index contributed by atoms with van der Waals surface area (Å²) in [5.41, 5.74) is 7.11. The molecule has 2 saturated heterocycles. The monoisotopic (exact) mass is 399 g/mol. The Bertz CT molecular complexity index is 949. The molecule has 3 heterocycles. The number of piperidine rings is 2. The molecule has 2 aromatic rings. The van der Waals surface area contributed by atoms with Crippen molar-refractivity contribution < 1.29 is 9.59 Å². The van der Waals surface area contributed by atoms with Crippen LogP contribution in [0.3, 0.4) is 0 Å². The first-order chi connectivity index (χ1) is 14.0. The van der Waals surface area contributed by atoms with Crippen LogP contribution < -0.4 is 11.4 Å². The van der Waals surface area contributed by atoms with Crippen molar-refractivity contribution in [2.24, 2.45) is 5.73 Å². The average Bonchev–Trinajstić information content (AvgIpc) is 3.12. The smallest absolute Gasteiger partial charge is 0.323 e. The zero-order valence-corrected chi connectivity index (χ0v) is 16.7. The summed E-state index contributed by atoms with van der Waals surface area (Å²) in [6.07, 6.45) is 6.92. The first-order valence-electron chi connectivity index (χ1n) is 10.6. The van der Waals surface area contributed by atoms with Crippen LogP contribution in [0.5, 0.6) is 0 Å². The molecule has 2 aliphatic rings. The highest BCUT2D eigenvalue weighted by Gasteiger charge is 2.27. The van der Waals surface area contributed by atoms with E-state index >= 15 is 0 Å². The van der Waals surface area contributed by atoms with Crippen LogP contribution in [-0.4, -0.2) is 63.8 Å². The molecule has 0 saturated carbocycles. The fraction of sp³-hybridized carbons (Fsp3) is 0.571. The maximum Gasteiger partial charge on any atom is 0.323 e. The average molecular weight is 399 g/mol. The minimum atomic E-state index is -0.599. The van der Waals surface area contributed by atoms with Gasteiger partial charge < -0.3 is 25.5 Å². The number of nitrogens with zero attached hydrogens (tertiary/aromatic N) is 2. The summed E-state index contributed by atoms with van der Waals surface area (Å²) in [5.74, 6) is -0.455. The summed E-state index contributed by atoms with van der Waals surface area (Å²) in [5, 5.41) is 0. The summed E-state index contributed by atoms with van der Waals surface area (Å²) in [6, 6.07) is 4.09. The molecule has 29 heavy (non-hydrogen) atoms. The van der Waals surface area contributed by atoms with Crippen molar-refractivity contribution in [3.8, 4) is 0 Å². The van der Waals surface area contributed by atoms with Crippen molar-refractivity contribution >= 4 is 22.8 Å². The lowest BCUT2D eigenvalue weighted by atomic mass is 9.99. The van der Waals surface area contributed by atoms with E-state index in [0.717, 1.165) is 31.5 Å². The molecule has 8 heteroatoms. The summed E-state index contributed by atoms with van der Waals surface area (Å²) in [6.45, 7) is 4.03. The standard InChI is InChI=1S/C21H29N5O3/c22-20(28)16-12-14(13-17-19(16)24-21(29)23-17)4-5-18(27)26-10-6-15(7-11-26)25-8-2-1-3-9-25/h12-13,15H,1-11H2,(H2,22,28)(H2,23,24,29). The Morgan fingerprint density at radius 2 is 1.76 bits per heavy atom. The van der Waals surface area contributed by atoms with Gasteiger partial charge in [0.1, 0.15) is 0 Å². The quantitative estimate of drug-likeness (QED) is 0.704. The molecule has 0 radical (unpaired) electrons. The Hall–Kier alpha value is -2.61. The van der Waals surface area contributed by atoms with E-state index in [-0.39, 0.29) is 17.2 Å². The van der Waals surface area contributed by atoms with Gasteiger partial charge in [-0.05, 0) is 62.9 Å².